The minimum absolute atomic E-state index is 0.0752. The molecule has 0 saturated carbocycles. The SMILES string of the molecule is COc1ccc(C(=O)CN2CCN(C)C2=O)cc1Cl. The Morgan fingerprint density at radius 1 is 1.42 bits per heavy atom. The average molecular weight is 283 g/mol. The molecule has 102 valence electrons. The van der Waals surface area contributed by atoms with Gasteiger partial charge in [-0.25, -0.2) is 4.79 Å². The number of carbonyl (C=O) groups is 2. The van der Waals surface area contributed by atoms with Gasteiger partial charge in [0.1, 0.15) is 5.75 Å². The zero-order valence-electron chi connectivity index (χ0n) is 10.9. The highest BCUT2D eigenvalue weighted by Gasteiger charge is 2.27. The van der Waals surface area contributed by atoms with Crippen LogP contribution in [0.25, 0.3) is 0 Å². The number of amides is 2. The summed E-state index contributed by atoms with van der Waals surface area (Å²) in [5.74, 6) is 0.392. The smallest absolute Gasteiger partial charge is 0.320 e. The van der Waals surface area contributed by atoms with Crippen LogP contribution in [0, 0.1) is 0 Å². The number of carbonyl (C=O) groups excluding carboxylic acids is 2. The van der Waals surface area contributed by atoms with Crippen LogP contribution in [0.1, 0.15) is 10.4 Å². The van der Waals surface area contributed by atoms with Crippen molar-refractivity contribution in [1.82, 2.24) is 9.80 Å². The molecule has 0 aromatic heterocycles. The molecule has 0 N–H and O–H groups in total. The van der Waals surface area contributed by atoms with Crippen molar-refractivity contribution in [2.75, 3.05) is 33.8 Å². The fourth-order valence-electron chi connectivity index (χ4n) is 1.95. The van der Waals surface area contributed by atoms with Gasteiger partial charge in [-0.3, -0.25) is 4.79 Å². The van der Waals surface area contributed by atoms with E-state index in [2.05, 4.69) is 0 Å². The second kappa shape index (κ2) is 5.48. The lowest BCUT2D eigenvalue weighted by Crippen LogP contribution is -2.33. The van der Waals surface area contributed by atoms with Crippen molar-refractivity contribution in [3.8, 4) is 5.75 Å². The number of urea groups is 1. The molecule has 1 aliphatic heterocycles. The molecule has 1 aromatic rings. The first-order valence-corrected chi connectivity index (χ1v) is 6.27. The van der Waals surface area contributed by atoms with Crippen LogP contribution in [0.5, 0.6) is 5.75 Å². The molecule has 0 radical (unpaired) electrons. The molecule has 1 fully saturated rings. The van der Waals surface area contributed by atoms with Crippen molar-refractivity contribution in [3.63, 3.8) is 0 Å². The Labute approximate surface area is 116 Å². The zero-order valence-corrected chi connectivity index (χ0v) is 11.6. The van der Waals surface area contributed by atoms with Crippen molar-refractivity contribution >= 4 is 23.4 Å². The molecule has 2 rings (SSSR count). The third-order valence-corrected chi connectivity index (χ3v) is 3.41. The second-order valence-electron chi connectivity index (χ2n) is 4.40. The van der Waals surface area contributed by atoms with Gasteiger partial charge < -0.3 is 14.5 Å². The van der Waals surface area contributed by atoms with E-state index in [4.69, 9.17) is 16.3 Å². The number of ether oxygens (including phenoxy) is 1. The molecule has 19 heavy (non-hydrogen) atoms. The third kappa shape index (κ3) is 2.81. The molecular formula is C13H15ClN2O3. The maximum absolute atomic E-state index is 12.1. The Morgan fingerprint density at radius 2 is 2.16 bits per heavy atom. The molecule has 5 nitrogen and oxygen atoms in total. The van der Waals surface area contributed by atoms with E-state index in [-0.39, 0.29) is 18.4 Å². The molecule has 0 spiro atoms. The lowest BCUT2D eigenvalue weighted by atomic mass is 10.1. The summed E-state index contributed by atoms with van der Waals surface area (Å²) in [5, 5.41) is 0.387. The van der Waals surface area contributed by atoms with Gasteiger partial charge >= 0.3 is 6.03 Å². The Balaban J connectivity index is 2.08. The molecule has 1 aromatic carbocycles. The van der Waals surface area contributed by atoms with Gasteiger partial charge in [0, 0.05) is 25.7 Å². The lowest BCUT2D eigenvalue weighted by Gasteiger charge is -2.15. The summed E-state index contributed by atoms with van der Waals surface area (Å²) in [4.78, 5) is 26.9. The highest BCUT2D eigenvalue weighted by Crippen LogP contribution is 2.25. The number of ketones is 1. The molecule has 1 aliphatic rings. The Bertz CT molecular complexity index is 519. The maximum atomic E-state index is 12.1. The number of hydrogen-bond donors (Lipinski definition) is 0. The summed E-state index contributed by atoms with van der Waals surface area (Å²) in [6, 6.07) is 4.74. The standard InChI is InChI=1S/C13H15ClN2O3/c1-15-5-6-16(13(15)18)8-11(17)9-3-4-12(19-2)10(14)7-9/h3-4,7H,5-6,8H2,1-2H3. The number of hydrogen-bond acceptors (Lipinski definition) is 3. The second-order valence-corrected chi connectivity index (χ2v) is 4.81. The Kier molecular flexibility index (Phi) is 3.95. The van der Waals surface area contributed by atoms with Gasteiger partial charge in [-0.2, -0.15) is 0 Å². The average Bonchev–Trinajstić information content (AvgIpc) is 2.70. The van der Waals surface area contributed by atoms with Crippen LogP contribution in [0.4, 0.5) is 4.79 Å². The number of Topliss-reactive ketones (excluding diaryl/α,β-unsaturated/α-hetero) is 1. The number of likely N-dealkylation sites (N-methyl/N-ethyl adjacent to an activating group) is 1. The summed E-state index contributed by atoms with van der Waals surface area (Å²) in [6.45, 7) is 1.30. The van der Waals surface area contributed by atoms with Crippen molar-refractivity contribution in [3.05, 3.63) is 28.8 Å². The highest BCUT2D eigenvalue weighted by atomic mass is 35.5. The number of benzene rings is 1. The molecule has 0 atom stereocenters. The van der Waals surface area contributed by atoms with Crippen molar-refractivity contribution in [1.29, 1.82) is 0 Å². The van der Waals surface area contributed by atoms with Crippen molar-refractivity contribution in [2.24, 2.45) is 0 Å². The minimum Gasteiger partial charge on any atom is -0.495 e. The number of rotatable bonds is 4. The van der Waals surface area contributed by atoms with E-state index in [1.54, 1.807) is 30.1 Å². The molecule has 0 bridgehead atoms. The Morgan fingerprint density at radius 3 is 2.68 bits per heavy atom. The fourth-order valence-corrected chi connectivity index (χ4v) is 2.21. The van der Waals surface area contributed by atoms with Crippen LogP contribution in [0.3, 0.4) is 0 Å². The van der Waals surface area contributed by atoms with Crippen LogP contribution in [0.15, 0.2) is 18.2 Å². The van der Waals surface area contributed by atoms with E-state index in [9.17, 15) is 9.59 Å². The first-order valence-electron chi connectivity index (χ1n) is 5.89. The topological polar surface area (TPSA) is 49.9 Å². The normalized spacial score (nSPS) is 15.0. The van der Waals surface area contributed by atoms with Crippen LogP contribution < -0.4 is 4.74 Å². The summed E-state index contributed by atoms with van der Waals surface area (Å²) in [6.07, 6.45) is 0. The largest absolute Gasteiger partial charge is 0.495 e. The van der Waals surface area contributed by atoms with Crippen LogP contribution >= 0.6 is 11.6 Å². The number of halogens is 1. The molecule has 2 amide bonds. The number of nitrogens with zero attached hydrogens (tertiary/aromatic N) is 2. The molecule has 6 heteroatoms. The van der Waals surface area contributed by atoms with Gasteiger partial charge in [0.15, 0.2) is 5.78 Å². The summed E-state index contributed by atoms with van der Waals surface area (Å²) < 4.78 is 5.03. The van der Waals surface area contributed by atoms with Gasteiger partial charge in [-0.1, -0.05) is 11.6 Å². The van der Waals surface area contributed by atoms with Crippen molar-refractivity contribution in [2.45, 2.75) is 0 Å². The maximum Gasteiger partial charge on any atom is 0.320 e. The van der Waals surface area contributed by atoms with Crippen LogP contribution in [-0.4, -0.2) is 55.4 Å². The lowest BCUT2D eigenvalue weighted by molar-refractivity contribution is 0.0952. The highest BCUT2D eigenvalue weighted by molar-refractivity contribution is 6.32. The molecular weight excluding hydrogens is 268 g/mol. The molecule has 0 aliphatic carbocycles. The van der Waals surface area contributed by atoms with Crippen molar-refractivity contribution < 1.29 is 14.3 Å². The summed E-state index contributed by atoms with van der Waals surface area (Å²) in [5.41, 5.74) is 0.480. The first kappa shape index (κ1) is 13.7. The molecule has 1 heterocycles. The monoisotopic (exact) mass is 282 g/mol. The van der Waals surface area contributed by atoms with Gasteiger partial charge in [0.2, 0.25) is 0 Å². The molecule has 0 unspecified atom stereocenters. The van der Waals surface area contributed by atoms with E-state index < -0.39 is 0 Å². The summed E-state index contributed by atoms with van der Waals surface area (Å²) >= 11 is 5.98. The van der Waals surface area contributed by atoms with E-state index in [1.807, 2.05) is 0 Å². The number of methoxy groups -OCH3 is 1. The van der Waals surface area contributed by atoms with E-state index >= 15 is 0 Å². The minimum atomic E-state index is -0.131. The molecule has 1 saturated heterocycles. The van der Waals surface area contributed by atoms with Gasteiger partial charge in [-0.15, -0.1) is 0 Å². The van der Waals surface area contributed by atoms with Gasteiger partial charge in [-0.05, 0) is 18.2 Å². The van der Waals surface area contributed by atoms with Crippen LogP contribution in [0.2, 0.25) is 5.02 Å². The zero-order chi connectivity index (χ0) is 14.0. The third-order valence-electron chi connectivity index (χ3n) is 3.11. The van der Waals surface area contributed by atoms with E-state index in [0.717, 1.165) is 0 Å². The predicted molar refractivity (Wildman–Crippen MR) is 71.9 cm³/mol. The van der Waals surface area contributed by atoms with Crippen LogP contribution in [-0.2, 0) is 0 Å². The van der Waals surface area contributed by atoms with E-state index in [0.29, 0.717) is 29.4 Å². The first-order chi connectivity index (χ1) is 9.02. The Hall–Kier alpha value is -1.75. The summed E-state index contributed by atoms with van der Waals surface area (Å²) in [7, 11) is 3.23. The quantitative estimate of drug-likeness (QED) is 0.793. The fraction of sp³-hybridized carbons (Fsp3) is 0.385. The van der Waals surface area contributed by atoms with Gasteiger partial charge in [0.25, 0.3) is 0 Å². The van der Waals surface area contributed by atoms with E-state index in [1.165, 1.54) is 12.0 Å². The van der Waals surface area contributed by atoms with Gasteiger partial charge in [0.05, 0.1) is 18.7 Å². The predicted octanol–water partition coefficient (Wildman–Crippen LogP) is 1.90.